The van der Waals surface area contributed by atoms with Crippen molar-refractivity contribution < 1.29 is 24.5 Å². The van der Waals surface area contributed by atoms with Gasteiger partial charge in [-0.2, -0.15) is 0 Å². The van der Waals surface area contributed by atoms with Crippen molar-refractivity contribution in [2.24, 2.45) is 0 Å². The fourth-order valence-electron chi connectivity index (χ4n) is 3.87. The molecule has 1 atom stereocenters. The van der Waals surface area contributed by atoms with Gasteiger partial charge in [0.05, 0.1) is 29.4 Å². The van der Waals surface area contributed by atoms with Crippen LogP contribution in [0.15, 0.2) is 72.3 Å². The summed E-state index contributed by atoms with van der Waals surface area (Å²) in [6.45, 7) is 1.89. The Hall–Kier alpha value is -3.77. The van der Waals surface area contributed by atoms with Crippen LogP contribution in [0, 0.1) is 6.92 Å². The molecule has 1 amide bonds. The summed E-state index contributed by atoms with van der Waals surface area (Å²) < 4.78 is 5.15. The average Bonchev–Trinajstić information content (AvgIpc) is 3.04. The van der Waals surface area contributed by atoms with Crippen LogP contribution in [0.2, 0.25) is 5.02 Å². The molecule has 0 spiro atoms. The number of aliphatic hydroxyl groups is 1. The third kappa shape index (κ3) is 3.59. The SMILES string of the molecule is COc1ccc(/C(O)=C2/C(=O)C(=O)N(c3ccccc3O)C2c2cccc(C)c2)cc1Cl. The van der Waals surface area contributed by atoms with Crippen molar-refractivity contribution in [3.8, 4) is 11.5 Å². The number of aliphatic hydroxyl groups excluding tert-OH is 1. The second-order valence-corrected chi connectivity index (χ2v) is 7.83. The lowest BCUT2D eigenvalue weighted by Gasteiger charge is -2.26. The number of anilines is 1. The van der Waals surface area contributed by atoms with E-state index in [9.17, 15) is 19.8 Å². The Balaban J connectivity index is 1.97. The first-order valence-corrected chi connectivity index (χ1v) is 10.2. The summed E-state index contributed by atoms with van der Waals surface area (Å²) in [7, 11) is 1.47. The summed E-state index contributed by atoms with van der Waals surface area (Å²) in [5.74, 6) is -1.81. The summed E-state index contributed by atoms with van der Waals surface area (Å²) in [4.78, 5) is 27.5. The van der Waals surface area contributed by atoms with Gasteiger partial charge in [-0.15, -0.1) is 0 Å². The van der Waals surface area contributed by atoms with Crippen LogP contribution >= 0.6 is 11.6 Å². The molecule has 1 aliphatic rings. The number of ketones is 1. The lowest BCUT2D eigenvalue weighted by Crippen LogP contribution is -2.29. The van der Waals surface area contributed by atoms with Gasteiger partial charge in [-0.1, -0.05) is 53.6 Å². The van der Waals surface area contributed by atoms with Crippen LogP contribution in [0.4, 0.5) is 5.69 Å². The zero-order valence-corrected chi connectivity index (χ0v) is 18.1. The first-order valence-electron chi connectivity index (χ1n) is 9.83. The van der Waals surface area contributed by atoms with Gasteiger partial charge in [0, 0.05) is 5.56 Å². The minimum Gasteiger partial charge on any atom is -0.507 e. The number of Topliss-reactive ketones (excluding diaryl/α,β-unsaturated/α-hetero) is 1. The van der Waals surface area contributed by atoms with Crippen molar-refractivity contribution in [2.45, 2.75) is 13.0 Å². The zero-order chi connectivity index (χ0) is 23.0. The molecule has 162 valence electrons. The van der Waals surface area contributed by atoms with Crippen LogP contribution in [-0.4, -0.2) is 29.0 Å². The van der Waals surface area contributed by atoms with Gasteiger partial charge in [0.2, 0.25) is 0 Å². The van der Waals surface area contributed by atoms with Gasteiger partial charge in [0.15, 0.2) is 0 Å². The number of aromatic hydroxyl groups is 1. The maximum Gasteiger partial charge on any atom is 0.300 e. The molecule has 3 aromatic carbocycles. The molecular weight excluding hydrogens is 430 g/mol. The highest BCUT2D eigenvalue weighted by atomic mass is 35.5. The molecule has 0 radical (unpaired) electrons. The van der Waals surface area contributed by atoms with Crippen LogP contribution < -0.4 is 9.64 Å². The maximum atomic E-state index is 13.1. The fraction of sp³-hybridized carbons (Fsp3) is 0.120. The van der Waals surface area contributed by atoms with Crippen LogP contribution in [0.25, 0.3) is 5.76 Å². The largest absolute Gasteiger partial charge is 0.507 e. The molecule has 3 aromatic rings. The molecular formula is C25H20ClNO5. The number of hydrogen-bond donors (Lipinski definition) is 2. The molecule has 0 aromatic heterocycles. The predicted molar refractivity (Wildman–Crippen MR) is 122 cm³/mol. The topological polar surface area (TPSA) is 87.1 Å². The monoisotopic (exact) mass is 449 g/mol. The van der Waals surface area contributed by atoms with Crippen molar-refractivity contribution in [3.63, 3.8) is 0 Å². The minimum atomic E-state index is -0.941. The summed E-state index contributed by atoms with van der Waals surface area (Å²) >= 11 is 6.21. The number of carbonyl (C=O) groups is 2. The lowest BCUT2D eigenvalue weighted by molar-refractivity contribution is -0.132. The number of rotatable bonds is 4. The molecule has 7 heteroatoms. The van der Waals surface area contributed by atoms with Gasteiger partial charge >= 0.3 is 0 Å². The first-order chi connectivity index (χ1) is 15.3. The fourth-order valence-corrected chi connectivity index (χ4v) is 4.13. The highest BCUT2D eigenvalue weighted by molar-refractivity contribution is 6.52. The number of nitrogens with zero attached hydrogens (tertiary/aromatic N) is 1. The first kappa shape index (κ1) is 21.5. The molecule has 0 aliphatic carbocycles. The number of amides is 1. The predicted octanol–water partition coefficient (Wildman–Crippen LogP) is 4.99. The average molecular weight is 450 g/mol. The van der Waals surface area contributed by atoms with E-state index in [1.807, 2.05) is 19.1 Å². The van der Waals surface area contributed by atoms with Gasteiger partial charge in [-0.3, -0.25) is 14.5 Å². The van der Waals surface area contributed by atoms with Gasteiger partial charge in [0.25, 0.3) is 11.7 Å². The zero-order valence-electron chi connectivity index (χ0n) is 17.4. The van der Waals surface area contributed by atoms with E-state index in [2.05, 4.69) is 0 Å². The maximum absolute atomic E-state index is 13.1. The molecule has 2 N–H and O–H groups in total. The Morgan fingerprint density at radius 2 is 1.78 bits per heavy atom. The Morgan fingerprint density at radius 1 is 1.03 bits per heavy atom. The third-order valence-corrected chi connectivity index (χ3v) is 5.66. The minimum absolute atomic E-state index is 0.0925. The summed E-state index contributed by atoms with van der Waals surface area (Å²) in [6, 6.07) is 17.2. The summed E-state index contributed by atoms with van der Waals surface area (Å²) in [5.41, 5.74) is 1.88. The number of aryl methyl sites for hydroxylation is 1. The van der Waals surface area contributed by atoms with Crippen molar-refractivity contribution in [1.29, 1.82) is 0 Å². The Kier molecular flexibility index (Phi) is 5.63. The van der Waals surface area contributed by atoms with Gasteiger partial charge in [-0.05, 0) is 42.8 Å². The molecule has 1 unspecified atom stereocenters. The number of phenolic OH excluding ortho intramolecular Hbond substituents is 1. The number of para-hydroxylation sites is 2. The molecule has 1 aliphatic heterocycles. The molecule has 32 heavy (non-hydrogen) atoms. The van der Waals surface area contributed by atoms with E-state index < -0.39 is 17.7 Å². The van der Waals surface area contributed by atoms with Crippen molar-refractivity contribution in [3.05, 3.63) is 94.0 Å². The van der Waals surface area contributed by atoms with Crippen molar-refractivity contribution >= 4 is 34.7 Å². The van der Waals surface area contributed by atoms with Gasteiger partial charge in [-0.25, -0.2) is 0 Å². The highest BCUT2D eigenvalue weighted by Gasteiger charge is 2.47. The summed E-state index contributed by atoms with van der Waals surface area (Å²) in [6.07, 6.45) is 0. The van der Waals surface area contributed by atoms with Crippen molar-refractivity contribution in [1.82, 2.24) is 0 Å². The third-order valence-electron chi connectivity index (χ3n) is 5.37. The molecule has 1 fully saturated rings. The number of carbonyl (C=O) groups excluding carboxylic acids is 2. The number of halogens is 1. The van der Waals surface area contributed by atoms with E-state index in [-0.39, 0.29) is 33.4 Å². The molecule has 0 bridgehead atoms. The molecule has 1 saturated heterocycles. The smallest absolute Gasteiger partial charge is 0.300 e. The number of hydrogen-bond acceptors (Lipinski definition) is 5. The molecule has 1 heterocycles. The standard InChI is InChI=1S/C25H20ClNO5/c1-14-6-5-7-15(12-14)22-21(23(29)16-10-11-20(32-2)17(26)13-16)24(30)25(31)27(22)18-8-3-4-9-19(18)28/h3-13,22,28-29H,1-2H3/b23-21-. The number of phenols is 1. The van der Waals surface area contributed by atoms with E-state index in [4.69, 9.17) is 16.3 Å². The van der Waals surface area contributed by atoms with E-state index in [0.717, 1.165) is 5.56 Å². The molecule has 0 saturated carbocycles. The lowest BCUT2D eigenvalue weighted by atomic mass is 9.94. The Bertz CT molecular complexity index is 1270. The van der Waals surface area contributed by atoms with Crippen molar-refractivity contribution in [2.75, 3.05) is 12.0 Å². The van der Waals surface area contributed by atoms with Crippen LogP contribution in [0.3, 0.4) is 0 Å². The van der Waals surface area contributed by atoms with Gasteiger partial charge < -0.3 is 14.9 Å². The van der Waals surface area contributed by atoms with E-state index in [1.54, 1.807) is 42.5 Å². The normalized spacial score (nSPS) is 17.6. The Morgan fingerprint density at radius 3 is 2.44 bits per heavy atom. The molecule has 4 rings (SSSR count). The quantitative estimate of drug-likeness (QED) is 0.333. The highest BCUT2D eigenvalue weighted by Crippen LogP contribution is 2.45. The van der Waals surface area contributed by atoms with E-state index in [0.29, 0.717) is 11.3 Å². The van der Waals surface area contributed by atoms with Crippen LogP contribution in [0.5, 0.6) is 11.5 Å². The molecule has 6 nitrogen and oxygen atoms in total. The second kappa shape index (κ2) is 8.40. The number of methoxy groups -OCH3 is 1. The van der Waals surface area contributed by atoms with Gasteiger partial charge in [0.1, 0.15) is 17.3 Å². The summed E-state index contributed by atoms with van der Waals surface area (Å²) in [5, 5.41) is 21.8. The van der Waals surface area contributed by atoms with Crippen LogP contribution in [-0.2, 0) is 9.59 Å². The number of benzene rings is 3. The van der Waals surface area contributed by atoms with E-state index in [1.165, 1.54) is 24.1 Å². The van der Waals surface area contributed by atoms with Crippen LogP contribution in [0.1, 0.15) is 22.7 Å². The number of ether oxygens (including phenoxy) is 1. The second-order valence-electron chi connectivity index (χ2n) is 7.42. The van der Waals surface area contributed by atoms with E-state index >= 15 is 0 Å². The Labute approximate surface area is 189 Å².